The third kappa shape index (κ3) is 1.94. The Morgan fingerprint density at radius 2 is 2.50 bits per heavy atom. The molecule has 0 N–H and O–H groups in total. The first-order chi connectivity index (χ1) is 2.81. The largest absolute Gasteiger partial charge is 0.243 e. The highest BCUT2D eigenvalue weighted by Crippen LogP contribution is 1.94. The molecule has 35 valence electrons. The summed E-state index contributed by atoms with van der Waals surface area (Å²) in [4.78, 5) is 0. The fourth-order valence-electron chi connectivity index (χ4n) is 0.136. The summed E-state index contributed by atoms with van der Waals surface area (Å²) in [5, 5.41) is 0. The van der Waals surface area contributed by atoms with Gasteiger partial charge in [-0.2, -0.15) is 0 Å². The van der Waals surface area contributed by atoms with E-state index in [2.05, 4.69) is 0 Å². The van der Waals surface area contributed by atoms with Crippen molar-refractivity contribution in [1.82, 2.24) is 0 Å². The van der Waals surface area contributed by atoms with Gasteiger partial charge >= 0.3 is 0 Å². The molecule has 1 heteroatoms. The van der Waals surface area contributed by atoms with Gasteiger partial charge < -0.3 is 0 Å². The Labute approximate surface area is 37.7 Å². The second-order valence-corrected chi connectivity index (χ2v) is 1.12. The smallest absolute Gasteiger partial charge is 0.118 e. The topological polar surface area (TPSA) is 0 Å². The van der Waals surface area contributed by atoms with E-state index in [1.807, 2.05) is 0 Å². The van der Waals surface area contributed by atoms with Crippen LogP contribution in [0, 0.1) is 6.58 Å². The fourth-order valence-corrected chi connectivity index (χ4v) is 0.136. The van der Waals surface area contributed by atoms with Crippen LogP contribution in [0.5, 0.6) is 0 Å². The van der Waals surface area contributed by atoms with Gasteiger partial charge in [-0.25, -0.2) is 4.39 Å². The highest BCUT2D eigenvalue weighted by Gasteiger charge is 1.89. The summed E-state index contributed by atoms with van der Waals surface area (Å²) in [7, 11) is 0. The van der Waals surface area contributed by atoms with Gasteiger partial charge in [-0.3, -0.25) is 0 Å². The number of rotatable bonds is 2. The second-order valence-electron chi connectivity index (χ2n) is 1.12. The van der Waals surface area contributed by atoms with Gasteiger partial charge in [0.2, 0.25) is 0 Å². The predicted molar refractivity (Wildman–Crippen MR) is 24.1 cm³/mol. The van der Waals surface area contributed by atoms with Gasteiger partial charge in [0, 0.05) is 0 Å². The molecule has 0 amide bonds. The Morgan fingerprint density at radius 1 is 2.00 bits per heavy atom. The molecule has 0 aromatic heterocycles. The molecule has 0 aliphatic rings. The van der Waals surface area contributed by atoms with E-state index < -0.39 is 6.17 Å². The van der Waals surface area contributed by atoms with Crippen LogP contribution in [0.25, 0.3) is 0 Å². The van der Waals surface area contributed by atoms with Gasteiger partial charge in [0.1, 0.15) is 6.17 Å². The van der Waals surface area contributed by atoms with Crippen molar-refractivity contribution in [2.75, 3.05) is 0 Å². The van der Waals surface area contributed by atoms with Crippen LogP contribution in [-0.2, 0) is 0 Å². The second kappa shape index (κ2) is 2.88. The molecule has 0 spiro atoms. The molecule has 0 bridgehead atoms. The van der Waals surface area contributed by atoms with Crippen molar-refractivity contribution >= 4 is 0 Å². The Bertz CT molecular complexity index is 41.2. The van der Waals surface area contributed by atoms with Crippen LogP contribution in [0.4, 0.5) is 4.39 Å². The molecular formula is C5H8F. The summed E-state index contributed by atoms with van der Waals surface area (Å²) in [5.74, 6) is 0. The normalized spacial score (nSPS) is 13.7. The average molecular weight is 87.1 g/mol. The third-order valence-electron chi connectivity index (χ3n) is 0.599. The number of hydrogen-bond donors (Lipinski definition) is 0. The lowest BCUT2D eigenvalue weighted by molar-refractivity contribution is 0.390. The first-order valence-electron chi connectivity index (χ1n) is 2.00. The molecule has 0 aliphatic heterocycles. The maximum absolute atomic E-state index is 11.7. The summed E-state index contributed by atoms with van der Waals surface area (Å²) in [6.45, 7) is 6.53. The minimum absolute atomic E-state index is 0.483. The molecule has 0 nitrogen and oxygen atoms in total. The van der Waals surface area contributed by atoms with E-state index in [0.717, 1.165) is 6.08 Å². The maximum Gasteiger partial charge on any atom is 0.118 e. The number of alkyl halides is 1. The third-order valence-corrected chi connectivity index (χ3v) is 0.599. The molecule has 0 saturated heterocycles. The first-order valence-corrected chi connectivity index (χ1v) is 2.00. The maximum atomic E-state index is 11.7. The predicted octanol–water partition coefficient (Wildman–Crippen LogP) is 1.72. The summed E-state index contributed by atoms with van der Waals surface area (Å²) in [6.07, 6.45) is 0.626. The van der Waals surface area contributed by atoms with Crippen molar-refractivity contribution in [3.63, 3.8) is 0 Å². The van der Waals surface area contributed by atoms with Crippen LogP contribution in [0.1, 0.15) is 13.3 Å². The van der Waals surface area contributed by atoms with Crippen molar-refractivity contribution in [3.05, 3.63) is 12.7 Å². The van der Waals surface area contributed by atoms with Crippen molar-refractivity contribution in [1.29, 1.82) is 0 Å². The van der Waals surface area contributed by atoms with Crippen LogP contribution in [0.2, 0.25) is 0 Å². The first kappa shape index (κ1) is 5.67. The van der Waals surface area contributed by atoms with E-state index in [-0.39, 0.29) is 0 Å². The zero-order valence-electron chi connectivity index (χ0n) is 3.82. The SMILES string of the molecule is [CH]=CC(F)CC. The summed E-state index contributed by atoms with van der Waals surface area (Å²) < 4.78 is 11.7. The number of hydrogen-bond acceptors (Lipinski definition) is 0. The van der Waals surface area contributed by atoms with Gasteiger partial charge in [-0.1, -0.05) is 19.6 Å². The molecule has 0 rings (SSSR count). The molecule has 0 aromatic carbocycles. The van der Waals surface area contributed by atoms with E-state index >= 15 is 0 Å². The lowest BCUT2D eigenvalue weighted by Crippen LogP contribution is -1.87. The minimum Gasteiger partial charge on any atom is -0.243 e. The van der Waals surface area contributed by atoms with Crippen molar-refractivity contribution in [2.45, 2.75) is 19.5 Å². The standard InChI is InChI=1S/C5H8F/c1-3-5(6)4-2/h1,3,5H,4H2,2H3. The number of halogens is 1. The Kier molecular flexibility index (Phi) is 2.73. The Balaban J connectivity index is 2.96. The Morgan fingerprint density at radius 3 is 2.50 bits per heavy atom. The fraction of sp³-hybridized carbons (Fsp3) is 0.600. The van der Waals surface area contributed by atoms with Crippen LogP contribution < -0.4 is 0 Å². The van der Waals surface area contributed by atoms with Crippen molar-refractivity contribution in [3.8, 4) is 0 Å². The summed E-state index contributed by atoms with van der Waals surface area (Å²) in [5.41, 5.74) is 0. The van der Waals surface area contributed by atoms with Gasteiger partial charge in [0.05, 0.1) is 0 Å². The molecule has 1 radical (unpaired) electrons. The van der Waals surface area contributed by atoms with E-state index in [4.69, 9.17) is 6.58 Å². The molecule has 0 aromatic rings. The summed E-state index contributed by atoms with van der Waals surface area (Å²) in [6, 6.07) is 0. The van der Waals surface area contributed by atoms with Gasteiger partial charge in [-0.05, 0) is 6.42 Å². The molecular weight excluding hydrogens is 79.1 g/mol. The number of allylic oxidation sites excluding steroid dienone is 1. The van der Waals surface area contributed by atoms with Crippen LogP contribution >= 0.6 is 0 Å². The van der Waals surface area contributed by atoms with Crippen LogP contribution in [-0.4, -0.2) is 6.17 Å². The molecule has 0 aliphatic carbocycles. The minimum atomic E-state index is -0.912. The van der Waals surface area contributed by atoms with Crippen LogP contribution in [0.15, 0.2) is 6.08 Å². The molecule has 1 atom stereocenters. The average Bonchev–Trinajstić information content (AvgIpc) is 1.65. The van der Waals surface area contributed by atoms with Gasteiger partial charge in [0.25, 0.3) is 0 Å². The highest BCUT2D eigenvalue weighted by molar-refractivity contribution is 4.72. The van der Waals surface area contributed by atoms with Crippen molar-refractivity contribution in [2.24, 2.45) is 0 Å². The zero-order valence-corrected chi connectivity index (χ0v) is 3.82. The molecule has 6 heavy (non-hydrogen) atoms. The summed E-state index contributed by atoms with van der Waals surface area (Å²) >= 11 is 0. The van der Waals surface area contributed by atoms with E-state index in [9.17, 15) is 4.39 Å². The lowest BCUT2D eigenvalue weighted by Gasteiger charge is -1.89. The molecule has 0 saturated carbocycles. The van der Waals surface area contributed by atoms with Crippen molar-refractivity contribution < 1.29 is 4.39 Å². The quantitative estimate of drug-likeness (QED) is 0.481. The molecule has 0 heterocycles. The van der Waals surface area contributed by atoms with Gasteiger partial charge in [0.15, 0.2) is 0 Å². The van der Waals surface area contributed by atoms with Gasteiger partial charge in [-0.15, -0.1) is 0 Å². The van der Waals surface area contributed by atoms with E-state index in [1.54, 1.807) is 6.92 Å². The zero-order chi connectivity index (χ0) is 4.99. The highest BCUT2D eigenvalue weighted by atomic mass is 19.1. The lowest BCUT2D eigenvalue weighted by atomic mass is 10.3. The molecule has 0 fully saturated rings. The van der Waals surface area contributed by atoms with Crippen LogP contribution in [0.3, 0.4) is 0 Å². The molecule has 1 unspecified atom stereocenters. The monoisotopic (exact) mass is 87.1 g/mol. The van der Waals surface area contributed by atoms with E-state index in [1.165, 1.54) is 0 Å². The van der Waals surface area contributed by atoms with E-state index in [0.29, 0.717) is 6.42 Å². The Hall–Kier alpha value is -0.330.